The molecule has 0 spiro atoms. The topological polar surface area (TPSA) is 49.4 Å². The van der Waals surface area contributed by atoms with E-state index in [9.17, 15) is 9.59 Å². The van der Waals surface area contributed by atoms with E-state index >= 15 is 0 Å². The van der Waals surface area contributed by atoms with E-state index in [1.165, 1.54) is 0 Å². The molecule has 1 N–H and O–H groups in total. The molecule has 18 heavy (non-hydrogen) atoms. The summed E-state index contributed by atoms with van der Waals surface area (Å²) in [5.41, 5.74) is -0.688. The highest BCUT2D eigenvalue weighted by molar-refractivity contribution is 5.99. The average Bonchev–Trinajstić information content (AvgIpc) is 2.39. The van der Waals surface area contributed by atoms with Gasteiger partial charge in [0.1, 0.15) is 11.6 Å². The van der Waals surface area contributed by atoms with Gasteiger partial charge in [-0.05, 0) is 32.6 Å². The van der Waals surface area contributed by atoms with Gasteiger partial charge in [0.05, 0.1) is 0 Å². The van der Waals surface area contributed by atoms with Crippen LogP contribution in [0.1, 0.15) is 60.3 Å². The summed E-state index contributed by atoms with van der Waals surface area (Å²) in [4.78, 5) is 26.8. The zero-order chi connectivity index (χ0) is 13.9. The van der Waals surface area contributed by atoms with Gasteiger partial charge in [-0.2, -0.15) is 0 Å². The largest absolute Gasteiger partial charge is 0.340 e. The second-order valence-corrected chi connectivity index (χ2v) is 5.17. The first kappa shape index (κ1) is 15.0. The fourth-order valence-corrected chi connectivity index (χ4v) is 2.70. The Morgan fingerprint density at radius 1 is 1.22 bits per heavy atom. The number of amides is 2. The van der Waals surface area contributed by atoms with Gasteiger partial charge in [0, 0.05) is 6.04 Å². The van der Waals surface area contributed by atoms with E-state index < -0.39 is 5.54 Å². The lowest BCUT2D eigenvalue weighted by atomic mass is 9.85. The summed E-state index contributed by atoms with van der Waals surface area (Å²) in [5.74, 6) is 0.0920. The van der Waals surface area contributed by atoms with Gasteiger partial charge in [-0.15, -0.1) is 0 Å². The zero-order valence-electron chi connectivity index (χ0n) is 12.2. The molecule has 1 saturated heterocycles. The monoisotopic (exact) mass is 254 g/mol. The molecule has 4 heteroatoms. The highest BCUT2D eigenvalue weighted by Crippen LogP contribution is 2.28. The molecule has 0 radical (unpaired) electrons. The molecule has 0 aromatic rings. The Morgan fingerprint density at radius 2 is 1.78 bits per heavy atom. The average molecular weight is 254 g/mol. The van der Waals surface area contributed by atoms with E-state index in [1.807, 2.05) is 32.6 Å². The first-order valence-electron chi connectivity index (χ1n) is 7.12. The molecule has 2 amide bonds. The first-order chi connectivity index (χ1) is 8.47. The highest BCUT2D eigenvalue weighted by Gasteiger charge is 2.49. The standard InChI is InChI=1S/C14H26N2O2/c1-6-10(5)16-11(7-2)12(17)15-14(8-3,9-4)13(16)18/h10-11H,6-9H2,1-5H3,(H,15,17). The van der Waals surface area contributed by atoms with Crippen molar-refractivity contribution in [1.29, 1.82) is 0 Å². The van der Waals surface area contributed by atoms with E-state index in [2.05, 4.69) is 12.2 Å². The molecule has 1 fully saturated rings. The van der Waals surface area contributed by atoms with Crippen molar-refractivity contribution in [3.8, 4) is 0 Å². The summed E-state index contributed by atoms with van der Waals surface area (Å²) < 4.78 is 0. The van der Waals surface area contributed by atoms with Crippen molar-refractivity contribution < 1.29 is 9.59 Å². The minimum Gasteiger partial charge on any atom is -0.340 e. The van der Waals surface area contributed by atoms with Gasteiger partial charge in [0.2, 0.25) is 11.8 Å². The quantitative estimate of drug-likeness (QED) is 0.816. The number of carbonyl (C=O) groups excluding carboxylic acids is 2. The normalized spacial score (nSPS) is 24.9. The van der Waals surface area contributed by atoms with E-state index in [4.69, 9.17) is 0 Å². The molecule has 104 valence electrons. The fourth-order valence-electron chi connectivity index (χ4n) is 2.70. The number of piperazine rings is 1. The van der Waals surface area contributed by atoms with E-state index in [-0.39, 0.29) is 23.9 Å². The van der Waals surface area contributed by atoms with Gasteiger partial charge < -0.3 is 10.2 Å². The Balaban J connectivity index is 3.15. The lowest BCUT2D eigenvalue weighted by Crippen LogP contribution is -2.71. The molecule has 0 aromatic carbocycles. The van der Waals surface area contributed by atoms with Gasteiger partial charge in [-0.3, -0.25) is 9.59 Å². The number of rotatable bonds is 5. The van der Waals surface area contributed by atoms with Crippen molar-refractivity contribution in [2.75, 3.05) is 0 Å². The maximum atomic E-state index is 12.7. The molecule has 1 aliphatic heterocycles. The van der Waals surface area contributed by atoms with Crippen molar-refractivity contribution in [2.24, 2.45) is 0 Å². The van der Waals surface area contributed by atoms with Crippen molar-refractivity contribution in [3.05, 3.63) is 0 Å². The minimum absolute atomic E-state index is 0.00102. The van der Waals surface area contributed by atoms with E-state index in [1.54, 1.807) is 0 Å². The van der Waals surface area contributed by atoms with Gasteiger partial charge >= 0.3 is 0 Å². The summed E-state index contributed by atoms with van der Waals surface area (Å²) in [6.07, 6.45) is 2.85. The van der Waals surface area contributed by atoms with Crippen LogP contribution in [0.4, 0.5) is 0 Å². The molecule has 2 atom stereocenters. The molecular weight excluding hydrogens is 228 g/mol. The van der Waals surface area contributed by atoms with Crippen LogP contribution in [0.25, 0.3) is 0 Å². The maximum absolute atomic E-state index is 12.7. The van der Waals surface area contributed by atoms with Crippen LogP contribution in [0, 0.1) is 0 Å². The fraction of sp³-hybridized carbons (Fsp3) is 0.857. The van der Waals surface area contributed by atoms with Crippen LogP contribution in [-0.2, 0) is 9.59 Å². The predicted molar refractivity (Wildman–Crippen MR) is 72.1 cm³/mol. The predicted octanol–water partition coefficient (Wildman–Crippen LogP) is 2.08. The number of hydrogen-bond donors (Lipinski definition) is 1. The molecule has 2 unspecified atom stereocenters. The van der Waals surface area contributed by atoms with Crippen molar-refractivity contribution in [1.82, 2.24) is 10.2 Å². The van der Waals surface area contributed by atoms with Gasteiger partial charge in [0.15, 0.2) is 0 Å². The summed E-state index contributed by atoms with van der Waals surface area (Å²) in [7, 11) is 0. The summed E-state index contributed by atoms with van der Waals surface area (Å²) in [5, 5.41) is 2.96. The summed E-state index contributed by atoms with van der Waals surface area (Å²) in [6.45, 7) is 9.95. The molecule has 4 nitrogen and oxygen atoms in total. The van der Waals surface area contributed by atoms with Crippen LogP contribution in [0.3, 0.4) is 0 Å². The number of carbonyl (C=O) groups is 2. The molecule has 0 bridgehead atoms. The lowest BCUT2D eigenvalue weighted by molar-refractivity contribution is -0.158. The van der Waals surface area contributed by atoms with Crippen LogP contribution in [0.5, 0.6) is 0 Å². The molecule has 1 rings (SSSR count). The third kappa shape index (κ3) is 2.25. The number of nitrogens with zero attached hydrogens (tertiary/aromatic N) is 1. The van der Waals surface area contributed by atoms with Crippen LogP contribution < -0.4 is 5.32 Å². The van der Waals surface area contributed by atoms with Crippen molar-refractivity contribution in [2.45, 2.75) is 77.9 Å². The van der Waals surface area contributed by atoms with Crippen molar-refractivity contribution in [3.63, 3.8) is 0 Å². The third-order valence-corrected chi connectivity index (χ3v) is 4.30. The maximum Gasteiger partial charge on any atom is 0.249 e. The van der Waals surface area contributed by atoms with Crippen LogP contribution in [-0.4, -0.2) is 34.3 Å². The molecule has 1 aliphatic rings. The Kier molecular flexibility index (Phi) is 4.77. The summed E-state index contributed by atoms with van der Waals surface area (Å²) >= 11 is 0. The number of nitrogens with one attached hydrogen (secondary N) is 1. The molecular formula is C14H26N2O2. The Morgan fingerprint density at radius 3 is 2.17 bits per heavy atom. The smallest absolute Gasteiger partial charge is 0.249 e. The molecule has 0 saturated carbocycles. The zero-order valence-corrected chi connectivity index (χ0v) is 12.2. The Bertz CT molecular complexity index is 324. The van der Waals surface area contributed by atoms with Gasteiger partial charge in [0.25, 0.3) is 0 Å². The van der Waals surface area contributed by atoms with Gasteiger partial charge in [-0.25, -0.2) is 0 Å². The van der Waals surface area contributed by atoms with E-state index in [0.717, 1.165) is 6.42 Å². The SMILES string of the molecule is CCC(C)N1C(=O)C(CC)(CC)NC(=O)C1CC. The summed E-state index contributed by atoms with van der Waals surface area (Å²) in [6, 6.07) is -0.190. The molecule has 0 aliphatic carbocycles. The lowest BCUT2D eigenvalue weighted by Gasteiger charge is -2.47. The Hall–Kier alpha value is -1.06. The van der Waals surface area contributed by atoms with Gasteiger partial charge in [-0.1, -0.05) is 27.7 Å². The highest BCUT2D eigenvalue weighted by atomic mass is 16.2. The second kappa shape index (κ2) is 5.72. The Labute approximate surface area is 110 Å². The van der Waals surface area contributed by atoms with Crippen LogP contribution in [0.15, 0.2) is 0 Å². The second-order valence-electron chi connectivity index (χ2n) is 5.17. The first-order valence-corrected chi connectivity index (χ1v) is 7.12. The van der Waals surface area contributed by atoms with E-state index in [0.29, 0.717) is 19.3 Å². The molecule has 0 aromatic heterocycles. The molecule has 1 heterocycles. The third-order valence-electron chi connectivity index (χ3n) is 4.30. The van der Waals surface area contributed by atoms with Crippen LogP contribution >= 0.6 is 0 Å². The van der Waals surface area contributed by atoms with Crippen LogP contribution in [0.2, 0.25) is 0 Å². The van der Waals surface area contributed by atoms with Crippen molar-refractivity contribution >= 4 is 11.8 Å². The number of hydrogen-bond acceptors (Lipinski definition) is 2. The minimum atomic E-state index is -0.688.